The number of hydrogen-bond acceptors (Lipinski definition) is 2. The van der Waals surface area contributed by atoms with E-state index in [9.17, 15) is 9.59 Å². The van der Waals surface area contributed by atoms with Gasteiger partial charge in [0.25, 0.3) is 0 Å². The van der Waals surface area contributed by atoms with Crippen LogP contribution in [-0.2, 0) is 4.79 Å². The van der Waals surface area contributed by atoms with Gasteiger partial charge in [-0.05, 0) is 12.3 Å². The van der Waals surface area contributed by atoms with Gasteiger partial charge in [0.05, 0.1) is 0 Å². The fraction of sp³-hybridized carbons (Fsp3) is 0.750. The van der Waals surface area contributed by atoms with E-state index in [2.05, 4.69) is 0 Å². The maximum atomic E-state index is 11.2. The normalized spacial score (nSPS) is 34.0. The van der Waals surface area contributed by atoms with Crippen molar-refractivity contribution >= 4 is 11.9 Å². The highest BCUT2D eigenvalue weighted by atomic mass is 16.4. The van der Waals surface area contributed by atoms with E-state index in [-0.39, 0.29) is 11.7 Å². The fourth-order valence-electron chi connectivity index (χ4n) is 2.19. The Bertz CT molecular complexity index is 238. The van der Waals surface area contributed by atoms with Crippen LogP contribution in [0.2, 0.25) is 0 Å². The lowest BCUT2D eigenvalue weighted by Gasteiger charge is -2.28. The molecule has 1 heterocycles. The molecule has 1 N–H and O–H groups in total. The van der Waals surface area contributed by atoms with Crippen molar-refractivity contribution in [2.24, 2.45) is 11.8 Å². The number of carbonyl (C=O) groups is 2. The van der Waals surface area contributed by atoms with Crippen LogP contribution in [-0.4, -0.2) is 35.0 Å². The molecule has 1 aliphatic heterocycles. The number of likely N-dealkylation sites (tertiary alicyclic amines) is 1. The van der Waals surface area contributed by atoms with E-state index in [0.717, 1.165) is 6.42 Å². The first-order valence-electron chi connectivity index (χ1n) is 4.17. The van der Waals surface area contributed by atoms with E-state index < -0.39 is 6.09 Å². The van der Waals surface area contributed by atoms with Gasteiger partial charge in [0.2, 0.25) is 0 Å². The molecule has 2 atom stereocenters. The van der Waals surface area contributed by atoms with Gasteiger partial charge >= 0.3 is 6.09 Å². The zero-order valence-corrected chi connectivity index (χ0v) is 6.69. The quantitative estimate of drug-likeness (QED) is 0.577. The highest BCUT2D eigenvalue weighted by Crippen LogP contribution is 2.33. The fourth-order valence-corrected chi connectivity index (χ4v) is 2.19. The molecule has 2 bridgehead atoms. The number of rotatable bonds is 0. The maximum absolute atomic E-state index is 11.2. The Labute approximate surface area is 70.2 Å². The summed E-state index contributed by atoms with van der Waals surface area (Å²) in [5.41, 5.74) is 0. The Balaban J connectivity index is 2.10. The number of Topliss-reactive ketones (excluding diaryl/α,β-unsaturated/α-hetero) is 1. The number of ketones is 1. The summed E-state index contributed by atoms with van der Waals surface area (Å²) in [5.74, 6) is 0.552. The predicted molar refractivity (Wildman–Crippen MR) is 40.8 cm³/mol. The summed E-state index contributed by atoms with van der Waals surface area (Å²) in [6.07, 6.45) is 0.608. The molecule has 66 valence electrons. The average Bonchev–Trinajstić information content (AvgIpc) is 2.26. The van der Waals surface area contributed by atoms with Gasteiger partial charge in [-0.3, -0.25) is 4.79 Å². The Hall–Kier alpha value is -1.06. The standard InChI is InChI=1S/C8H11NO3/c10-7-2-5-1-6(7)4-9(3-5)8(11)12/h5-6H,1-4H2,(H,11,12). The highest BCUT2D eigenvalue weighted by molar-refractivity contribution is 5.84. The summed E-state index contributed by atoms with van der Waals surface area (Å²) < 4.78 is 0. The minimum atomic E-state index is -0.889. The molecule has 0 spiro atoms. The van der Waals surface area contributed by atoms with Crippen LogP contribution >= 0.6 is 0 Å². The molecule has 2 unspecified atom stereocenters. The van der Waals surface area contributed by atoms with Crippen molar-refractivity contribution in [1.82, 2.24) is 4.90 Å². The molecule has 0 radical (unpaired) electrons. The topological polar surface area (TPSA) is 57.6 Å². The molecule has 2 aliphatic rings. The van der Waals surface area contributed by atoms with E-state index in [4.69, 9.17) is 5.11 Å². The molecular weight excluding hydrogens is 158 g/mol. The lowest BCUT2D eigenvalue weighted by atomic mass is 9.99. The number of hydrogen-bond donors (Lipinski definition) is 1. The van der Waals surface area contributed by atoms with Crippen molar-refractivity contribution in [3.05, 3.63) is 0 Å². The average molecular weight is 169 g/mol. The van der Waals surface area contributed by atoms with Crippen LogP contribution in [0.25, 0.3) is 0 Å². The lowest BCUT2D eigenvalue weighted by molar-refractivity contribution is -0.120. The van der Waals surface area contributed by atoms with Crippen molar-refractivity contribution in [2.45, 2.75) is 12.8 Å². The lowest BCUT2D eigenvalue weighted by Crippen LogP contribution is -2.40. The third-order valence-electron chi connectivity index (χ3n) is 2.75. The van der Waals surface area contributed by atoms with E-state index >= 15 is 0 Å². The minimum Gasteiger partial charge on any atom is -0.465 e. The van der Waals surface area contributed by atoms with Gasteiger partial charge in [-0.25, -0.2) is 4.79 Å². The zero-order valence-electron chi connectivity index (χ0n) is 6.69. The summed E-state index contributed by atoms with van der Waals surface area (Å²) >= 11 is 0. The van der Waals surface area contributed by atoms with Crippen molar-refractivity contribution in [3.8, 4) is 0 Å². The molecule has 4 nitrogen and oxygen atoms in total. The second-order valence-corrected chi connectivity index (χ2v) is 3.66. The third kappa shape index (κ3) is 1.07. The van der Waals surface area contributed by atoms with E-state index in [0.29, 0.717) is 25.4 Å². The largest absolute Gasteiger partial charge is 0.465 e. The predicted octanol–water partition coefficient (Wildman–Crippen LogP) is 0.575. The molecule has 1 amide bonds. The molecule has 2 rings (SSSR count). The SMILES string of the molecule is O=C1CC2CC1CN(C(=O)O)C2. The number of carboxylic acid groups (broad SMARTS) is 1. The Morgan fingerprint density at radius 2 is 2.25 bits per heavy atom. The Morgan fingerprint density at radius 1 is 1.50 bits per heavy atom. The van der Waals surface area contributed by atoms with Gasteiger partial charge in [-0.2, -0.15) is 0 Å². The van der Waals surface area contributed by atoms with E-state index in [1.54, 1.807) is 0 Å². The zero-order chi connectivity index (χ0) is 8.72. The van der Waals surface area contributed by atoms with Crippen molar-refractivity contribution in [2.75, 3.05) is 13.1 Å². The van der Waals surface area contributed by atoms with Gasteiger partial charge in [0, 0.05) is 25.4 Å². The first kappa shape index (κ1) is 7.58. The number of nitrogens with zero attached hydrogens (tertiary/aromatic N) is 1. The number of piperidine rings is 1. The number of carbonyl (C=O) groups excluding carboxylic acids is 1. The Morgan fingerprint density at radius 3 is 2.83 bits per heavy atom. The Kier molecular flexibility index (Phi) is 1.56. The molecule has 4 heteroatoms. The molecule has 1 saturated carbocycles. The van der Waals surface area contributed by atoms with E-state index in [1.807, 2.05) is 0 Å². The first-order valence-corrected chi connectivity index (χ1v) is 4.17. The third-order valence-corrected chi connectivity index (χ3v) is 2.75. The second kappa shape index (κ2) is 2.47. The summed E-state index contributed by atoms with van der Waals surface area (Å²) in [6.45, 7) is 0.974. The van der Waals surface area contributed by atoms with Gasteiger partial charge in [0.1, 0.15) is 5.78 Å². The van der Waals surface area contributed by atoms with Crippen molar-refractivity contribution in [1.29, 1.82) is 0 Å². The van der Waals surface area contributed by atoms with Gasteiger partial charge in [-0.15, -0.1) is 0 Å². The number of fused-ring (bicyclic) bond motifs is 2. The molecule has 12 heavy (non-hydrogen) atoms. The van der Waals surface area contributed by atoms with Crippen LogP contribution in [0.3, 0.4) is 0 Å². The van der Waals surface area contributed by atoms with Crippen LogP contribution < -0.4 is 0 Å². The van der Waals surface area contributed by atoms with Gasteiger partial charge in [-0.1, -0.05) is 0 Å². The maximum Gasteiger partial charge on any atom is 0.407 e. The molecule has 1 saturated heterocycles. The van der Waals surface area contributed by atoms with Gasteiger partial charge in [0.15, 0.2) is 0 Å². The van der Waals surface area contributed by atoms with Crippen LogP contribution in [0.15, 0.2) is 0 Å². The monoisotopic (exact) mass is 169 g/mol. The van der Waals surface area contributed by atoms with Crippen LogP contribution in [0.1, 0.15) is 12.8 Å². The van der Waals surface area contributed by atoms with Crippen LogP contribution in [0.4, 0.5) is 4.79 Å². The van der Waals surface area contributed by atoms with Crippen molar-refractivity contribution < 1.29 is 14.7 Å². The first-order chi connectivity index (χ1) is 5.66. The molecule has 0 aromatic carbocycles. The smallest absolute Gasteiger partial charge is 0.407 e. The molecule has 2 fully saturated rings. The summed E-state index contributed by atoms with van der Waals surface area (Å²) in [4.78, 5) is 23.2. The summed E-state index contributed by atoms with van der Waals surface area (Å²) in [7, 11) is 0. The molecule has 0 aromatic rings. The van der Waals surface area contributed by atoms with Crippen molar-refractivity contribution in [3.63, 3.8) is 0 Å². The molecule has 1 aliphatic carbocycles. The number of amides is 1. The summed E-state index contributed by atoms with van der Waals surface area (Å²) in [6, 6.07) is 0. The van der Waals surface area contributed by atoms with Crippen LogP contribution in [0, 0.1) is 11.8 Å². The van der Waals surface area contributed by atoms with E-state index in [1.165, 1.54) is 4.90 Å². The second-order valence-electron chi connectivity index (χ2n) is 3.66. The van der Waals surface area contributed by atoms with Gasteiger partial charge < -0.3 is 10.0 Å². The molecule has 0 aromatic heterocycles. The van der Waals surface area contributed by atoms with Crippen LogP contribution in [0.5, 0.6) is 0 Å². The minimum absolute atomic E-state index is 0.000139. The summed E-state index contributed by atoms with van der Waals surface area (Å²) in [5, 5.41) is 8.70. The highest BCUT2D eigenvalue weighted by Gasteiger charge is 2.40. The molecular formula is C8H11NO3.